The fraction of sp³-hybridized carbons (Fsp3) is 0.269. The minimum atomic E-state index is -0.351. The average molecular weight is 478 g/mol. The Bertz CT molecular complexity index is 1280. The molecule has 0 aliphatic rings. The third-order valence-electron chi connectivity index (χ3n) is 5.59. The molecule has 2 aromatic carbocycles. The number of halogens is 1. The number of carbonyl (C=O) groups excluding carboxylic acids is 1. The van der Waals surface area contributed by atoms with Crippen molar-refractivity contribution in [3.63, 3.8) is 0 Å². The van der Waals surface area contributed by atoms with Crippen molar-refractivity contribution in [1.29, 1.82) is 0 Å². The number of imidazole rings is 1. The van der Waals surface area contributed by atoms with Gasteiger partial charge >= 0.3 is 6.03 Å². The molecule has 34 heavy (non-hydrogen) atoms. The minimum absolute atomic E-state index is 0.351. The molecule has 0 aliphatic heterocycles. The highest BCUT2D eigenvalue weighted by Crippen LogP contribution is 2.24. The molecule has 0 fully saturated rings. The highest BCUT2D eigenvalue weighted by atomic mass is 35.5. The lowest BCUT2D eigenvalue weighted by Crippen LogP contribution is -2.20. The molecular formula is C26H28ClN5O2. The molecule has 0 bridgehead atoms. The van der Waals surface area contributed by atoms with Crippen molar-refractivity contribution in [2.45, 2.75) is 39.7 Å². The summed E-state index contributed by atoms with van der Waals surface area (Å²) in [5.74, 6) is 1.81. The number of amides is 2. The number of aryl methyl sites for hydroxylation is 2. The Balaban J connectivity index is 1.61. The second-order valence-electron chi connectivity index (χ2n) is 8.12. The quantitative estimate of drug-likeness (QED) is 0.306. The smallest absolute Gasteiger partial charge is 0.323 e. The number of benzene rings is 2. The van der Waals surface area contributed by atoms with Crippen molar-refractivity contribution in [3.8, 4) is 5.75 Å². The Morgan fingerprint density at radius 3 is 2.47 bits per heavy atom. The molecule has 0 spiro atoms. The largest absolute Gasteiger partial charge is 0.497 e. The van der Waals surface area contributed by atoms with Gasteiger partial charge in [-0.25, -0.2) is 14.8 Å². The average Bonchev–Trinajstić information content (AvgIpc) is 3.15. The molecule has 0 saturated carbocycles. The van der Waals surface area contributed by atoms with Gasteiger partial charge < -0.3 is 19.9 Å². The number of fused-ring (bicyclic) bond motifs is 1. The zero-order chi connectivity index (χ0) is 24.1. The summed E-state index contributed by atoms with van der Waals surface area (Å²) >= 11 is 5.91. The Kier molecular flexibility index (Phi) is 7.33. The van der Waals surface area contributed by atoms with Crippen molar-refractivity contribution < 1.29 is 9.53 Å². The number of aromatic nitrogens is 3. The maximum atomic E-state index is 12.5. The van der Waals surface area contributed by atoms with E-state index >= 15 is 0 Å². The van der Waals surface area contributed by atoms with Crippen LogP contribution in [0.25, 0.3) is 11.2 Å². The normalized spacial score (nSPS) is 10.9. The molecule has 0 unspecified atom stereocenters. The van der Waals surface area contributed by atoms with Crippen LogP contribution in [0.5, 0.6) is 5.75 Å². The van der Waals surface area contributed by atoms with Crippen LogP contribution in [-0.4, -0.2) is 27.7 Å². The number of carbonyl (C=O) groups is 1. The van der Waals surface area contributed by atoms with Gasteiger partial charge in [-0.2, -0.15) is 0 Å². The van der Waals surface area contributed by atoms with Crippen LogP contribution in [0.4, 0.5) is 16.2 Å². The summed E-state index contributed by atoms with van der Waals surface area (Å²) in [6.07, 6.45) is 2.98. The summed E-state index contributed by atoms with van der Waals surface area (Å²) in [6.45, 7) is 4.71. The molecule has 176 valence electrons. The van der Waals surface area contributed by atoms with Crippen LogP contribution in [0.15, 0.2) is 54.6 Å². The minimum Gasteiger partial charge on any atom is -0.497 e. The number of unbranched alkanes of at least 4 members (excludes halogenated alkanes) is 1. The van der Waals surface area contributed by atoms with Crippen LogP contribution in [-0.2, 0) is 13.0 Å². The first-order valence-electron chi connectivity index (χ1n) is 11.3. The molecule has 4 aromatic rings. The first-order valence-corrected chi connectivity index (χ1v) is 11.7. The third kappa shape index (κ3) is 5.48. The molecule has 8 heteroatoms. The van der Waals surface area contributed by atoms with E-state index in [9.17, 15) is 4.79 Å². The summed E-state index contributed by atoms with van der Waals surface area (Å²) in [4.78, 5) is 22.2. The lowest BCUT2D eigenvalue weighted by molar-refractivity contribution is 0.262. The highest BCUT2D eigenvalue weighted by Gasteiger charge is 2.16. The first-order chi connectivity index (χ1) is 16.5. The molecule has 0 atom stereocenters. The van der Waals surface area contributed by atoms with E-state index < -0.39 is 0 Å². The predicted octanol–water partition coefficient (Wildman–Crippen LogP) is 6.44. The van der Waals surface area contributed by atoms with Gasteiger partial charge in [-0.1, -0.05) is 37.1 Å². The molecule has 7 nitrogen and oxygen atoms in total. The molecule has 2 heterocycles. The van der Waals surface area contributed by atoms with Gasteiger partial charge in [0.1, 0.15) is 17.1 Å². The number of hydrogen-bond acceptors (Lipinski definition) is 4. The maximum absolute atomic E-state index is 12.5. The van der Waals surface area contributed by atoms with Gasteiger partial charge in [-0.15, -0.1) is 0 Å². The zero-order valence-corrected chi connectivity index (χ0v) is 20.3. The maximum Gasteiger partial charge on any atom is 0.323 e. The Morgan fingerprint density at radius 1 is 1.06 bits per heavy atom. The van der Waals surface area contributed by atoms with Gasteiger partial charge in [0.25, 0.3) is 0 Å². The van der Waals surface area contributed by atoms with E-state index in [2.05, 4.69) is 34.3 Å². The SMILES string of the molecule is CCCCc1nc2cc(NC(=O)Nc3ccc(Cl)cc3)c(C)nc2n1Cc1ccc(OC)cc1. The Labute approximate surface area is 204 Å². The number of urea groups is 1. The third-order valence-corrected chi connectivity index (χ3v) is 5.85. The van der Waals surface area contributed by atoms with Crippen molar-refractivity contribution in [2.75, 3.05) is 17.7 Å². The molecule has 4 rings (SSSR count). The van der Waals surface area contributed by atoms with Gasteiger partial charge in [0.15, 0.2) is 5.65 Å². The van der Waals surface area contributed by atoms with Crippen LogP contribution in [0.3, 0.4) is 0 Å². The number of pyridine rings is 1. The van der Waals surface area contributed by atoms with Gasteiger partial charge in [-0.05, 0) is 61.4 Å². The molecule has 2 amide bonds. The monoisotopic (exact) mass is 477 g/mol. The number of methoxy groups -OCH3 is 1. The summed E-state index contributed by atoms with van der Waals surface area (Å²) in [7, 11) is 1.66. The van der Waals surface area contributed by atoms with E-state index in [1.54, 1.807) is 31.4 Å². The van der Waals surface area contributed by atoms with Crippen LogP contribution in [0, 0.1) is 6.92 Å². The Morgan fingerprint density at radius 2 is 1.79 bits per heavy atom. The van der Waals surface area contributed by atoms with Crippen molar-refractivity contribution in [2.24, 2.45) is 0 Å². The molecule has 0 radical (unpaired) electrons. The van der Waals surface area contributed by atoms with E-state index in [1.807, 2.05) is 25.1 Å². The molecule has 2 N–H and O–H groups in total. The second-order valence-corrected chi connectivity index (χ2v) is 8.55. The van der Waals surface area contributed by atoms with Crippen LogP contribution >= 0.6 is 11.6 Å². The predicted molar refractivity (Wildman–Crippen MR) is 137 cm³/mol. The number of rotatable bonds is 8. The van der Waals surface area contributed by atoms with Gasteiger partial charge in [0.05, 0.1) is 25.0 Å². The fourth-order valence-corrected chi connectivity index (χ4v) is 3.86. The summed E-state index contributed by atoms with van der Waals surface area (Å²) in [6, 6.07) is 16.5. The lowest BCUT2D eigenvalue weighted by Gasteiger charge is -2.12. The number of ether oxygens (including phenoxy) is 1. The van der Waals surface area contributed by atoms with E-state index in [1.165, 1.54) is 0 Å². The van der Waals surface area contributed by atoms with Crippen LogP contribution in [0.1, 0.15) is 36.8 Å². The van der Waals surface area contributed by atoms with Crippen LogP contribution in [0.2, 0.25) is 5.02 Å². The van der Waals surface area contributed by atoms with Gasteiger partial charge in [0, 0.05) is 17.1 Å². The number of hydrogen-bond donors (Lipinski definition) is 2. The summed E-state index contributed by atoms with van der Waals surface area (Å²) in [5.41, 5.74) is 4.70. The van der Waals surface area contributed by atoms with E-state index in [-0.39, 0.29) is 6.03 Å². The summed E-state index contributed by atoms with van der Waals surface area (Å²) in [5, 5.41) is 6.31. The van der Waals surface area contributed by atoms with Gasteiger partial charge in [0.2, 0.25) is 0 Å². The number of nitrogens with one attached hydrogen (secondary N) is 2. The zero-order valence-electron chi connectivity index (χ0n) is 19.6. The van der Waals surface area contributed by atoms with E-state index in [0.29, 0.717) is 22.9 Å². The molecule has 0 aliphatic carbocycles. The van der Waals surface area contributed by atoms with Crippen LogP contribution < -0.4 is 15.4 Å². The molecule has 0 saturated heterocycles. The topological polar surface area (TPSA) is 81.1 Å². The number of nitrogens with zero attached hydrogens (tertiary/aromatic N) is 3. The van der Waals surface area contributed by atoms with Crippen molar-refractivity contribution in [1.82, 2.24) is 14.5 Å². The lowest BCUT2D eigenvalue weighted by atomic mass is 10.2. The van der Waals surface area contributed by atoms with Gasteiger partial charge in [-0.3, -0.25) is 0 Å². The number of anilines is 2. The fourth-order valence-electron chi connectivity index (χ4n) is 3.73. The highest BCUT2D eigenvalue weighted by molar-refractivity contribution is 6.30. The Hall–Kier alpha value is -3.58. The van der Waals surface area contributed by atoms with E-state index in [0.717, 1.165) is 53.3 Å². The van der Waals surface area contributed by atoms with E-state index in [4.69, 9.17) is 26.3 Å². The second kappa shape index (κ2) is 10.6. The summed E-state index contributed by atoms with van der Waals surface area (Å²) < 4.78 is 7.44. The first kappa shape index (κ1) is 23.6. The van der Waals surface area contributed by atoms with Crippen molar-refractivity contribution >= 4 is 40.2 Å². The molecule has 2 aromatic heterocycles. The molecular weight excluding hydrogens is 450 g/mol. The van der Waals surface area contributed by atoms with Crippen molar-refractivity contribution in [3.05, 3.63) is 76.7 Å². The standard InChI is InChI=1S/C26H28ClN5O2/c1-4-5-6-24-30-23-15-22(31-26(33)29-20-11-9-19(27)10-12-20)17(2)28-25(23)32(24)16-18-7-13-21(34-3)14-8-18/h7-15H,4-6,16H2,1-3H3,(H2,29,31,33).